The molecule has 2 N–H and O–H groups in total. The summed E-state index contributed by atoms with van der Waals surface area (Å²) in [7, 11) is 0. The van der Waals surface area contributed by atoms with Gasteiger partial charge in [0.2, 0.25) is 0 Å². The molecule has 2 aromatic carbocycles. The fourth-order valence-corrected chi connectivity index (χ4v) is 3.22. The van der Waals surface area contributed by atoms with E-state index < -0.39 is 0 Å². The highest BCUT2D eigenvalue weighted by Crippen LogP contribution is 2.30. The van der Waals surface area contributed by atoms with Crippen LogP contribution in [-0.4, -0.2) is 4.98 Å². The number of aryl methyl sites for hydroxylation is 3. The number of nitrogens with two attached hydrogens (primary N) is 1. The summed E-state index contributed by atoms with van der Waals surface area (Å²) in [6, 6.07) is 14.5. The van der Waals surface area contributed by atoms with E-state index in [1.807, 2.05) is 12.3 Å². The van der Waals surface area contributed by atoms with Gasteiger partial charge in [0.05, 0.1) is 11.6 Å². The van der Waals surface area contributed by atoms with Crippen molar-refractivity contribution in [3.8, 4) is 0 Å². The molecule has 0 aliphatic carbocycles. The van der Waals surface area contributed by atoms with Crippen LogP contribution in [-0.2, 0) is 0 Å². The SMILES string of the molecule is Cc1cc(C)c(C(N)c2cccc3cccnc23)c(C)c1. The van der Waals surface area contributed by atoms with Crippen LogP contribution in [0, 0.1) is 20.8 Å². The van der Waals surface area contributed by atoms with Gasteiger partial charge >= 0.3 is 0 Å². The zero-order valence-corrected chi connectivity index (χ0v) is 12.7. The van der Waals surface area contributed by atoms with Gasteiger partial charge in [0.1, 0.15) is 0 Å². The molecule has 1 aromatic heterocycles. The summed E-state index contributed by atoms with van der Waals surface area (Å²) >= 11 is 0. The van der Waals surface area contributed by atoms with Crippen LogP contribution < -0.4 is 5.73 Å². The van der Waals surface area contributed by atoms with Crippen molar-refractivity contribution in [2.45, 2.75) is 26.8 Å². The van der Waals surface area contributed by atoms with E-state index in [0.717, 1.165) is 16.5 Å². The third-order valence-corrected chi connectivity index (χ3v) is 4.05. The van der Waals surface area contributed by atoms with Gasteiger partial charge in [-0.25, -0.2) is 0 Å². The second kappa shape index (κ2) is 5.30. The smallest absolute Gasteiger partial charge is 0.0753 e. The number of hydrogen-bond donors (Lipinski definition) is 1. The van der Waals surface area contributed by atoms with Crippen molar-refractivity contribution in [3.63, 3.8) is 0 Å². The molecule has 3 rings (SSSR count). The van der Waals surface area contributed by atoms with E-state index in [-0.39, 0.29) is 6.04 Å². The Balaban J connectivity index is 2.20. The number of rotatable bonds is 2. The first-order valence-corrected chi connectivity index (χ1v) is 7.25. The van der Waals surface area contributed by atoms with Crippen LogP contribution in [0.2, 0.25) is 0 Å². The van der Waals surface area contributed by atoms with Crippen LogP contribution in [0.1, 0.15) is 33.9 Å². The highest BCUT2D eigenvalue weighted by molar-refractivity contribution is 5.82. The van der Waals surface area contributed by atoms with E-state index in [2.05, 4.69) is 62.2 Å². The van der Waals surface area contributed by atoms with Crippen molar-refractivity contribution in [2.75, 3.05) is 0 Å². The van der Waals surface area contributed by atoms with Crippen LogP contribution in [0.25, 0.3) is 10.9 Å². The predicted molar refractivity (Wildman–Crippen MR) is 88.4 cm³/mol. The van der Waals surface area contributed by atoms with Gasteiger partial charge < -0.3 is 5.73 Å². The molecular weight excluding hydrogens is 256 g/mol. The average Bonchev–Trinajstić information content (AvgIpc) is 2.45. The molecule has 21 heavy (non-hydrogen) atoms. The highest BCUT2D eigenvalue weighted by Gasteiger charge is 2.17. The topological polar surface area (TPSA) is 38.9 Å². The summed E-state index contributed by atoms with van der Waals surface area (Å²) in [6.45, 7) is 6.39. The fraction of sp³-hybridized carbons (Fsp3) is 0.211. The summed E-state index contributed by atoms with van der Waals surface area (Å²) in [5.41, 5.74) is 13.6. The van der Waals surface area contributed by atoms with Gasteiger partial charge in [-0.15, -0.1) is 0 Å². The quantitative estimate of drug-likeness (QED) is 0.761. The van der Waals surface area contributed by atoms with Crippen LogP contribution in [0.3, 0.4) is 0 Å². The predicted octanol–water partition coefficient (Wildman–Crippen LogP) is 4.21. The van der Waals surface area contributed by atoms with Crippen LogP contribution in [0.4, 0.5) is 0 Å². The zero-order valence-electron chi connectivity index (χ0n) is 12.7. The van der Waals surface area contributed by atoms with Gasteiger partial charge in [0.15, 0.2) is 0 Å². The minimum Gasteiger partial charge on any atom is -0.320 e. The Kier molecular flexibility index (Phi) is 3.48. The van der Waals surface area contributed by atoms with Gasteiger partial charge in [-0.1, -0.05) is 42.0 Å². The molecule has 2 heteroatoms. The third-order valence-electron chi connectivity index (χ3n) is 4.05. The molecule has 0 spiro atoms. The maximum Gasteiger partial charge on any atom is 0.0753 e. The molecule has 3 aromatic rings. The van der Waals surface area contributed by atoms with E-state index in [1.165, 1.54) is 22.3 Å². The zero-order chi connectivity index (χ0) is 15.0. The van der Waals surface area contributed by atoms with E-state index in [1.54, 1.807) is 0 Å². The molecule has 106 valence electrons. The number of fused-ring (bicyclic) bond motifs is 1. The lowest BCUT2D eigenvalue weighted by atomic mass is 9.89. The number of aromatic nitrogens is 1. The Morgan fingerprint density at radius 3 is 2.33 bits per heavy atom. The average molecular weight is 276 g/mol. The first-order valence-electron chi connectivity index (χ1n) is 7.25. The first kappa shape index (κ1) is 13.8. The van der Waals surface area contributed by atoms with Crippen LogP contribution in [0.5, 0.6) is 0 Å². The summed E-state index contributed by atoms with van der Waals surface area (Å²) in [5.74, 6) is 0. The van der Waals surface area contributed by atoms with Gasteiger partial charge in [-0.05, 0) is 49.1 Å². The Morgan fingerprint density at radius 1 is 0.952 bits per heavy atom. The molecule has 0 amide bonds. The Bertz CT molecular complexity index is 777. The van der Waals surface area contributed by atoms with Gasteiger partial charge in [0, 0.05) is 11.6 Å². The van der Waals surface area contributed by atoms with Crippen molar-refractivity contribution >= 4 is 10.9 Å². The normalized spacial score (nSPS) is 12.6. The van der Waals surface area contributed by atoms with Crippen molar-refractivity contribution in [3.05, 3.63) is 76.5 Å². The molecule has 0 radical (unpaired) electrons. The molecule has 0 saturated heterocycles. The molecule has 1 atom stereocenters. The third kappa shape index (κ3) is 2.43. The van der Waals surface area contributed by atoms with E-state index in [4.69, 9.17) is 5.73 Å². The van der Waals surface area contributed by atoms with Crippen LogP contribution in [0.15, 0.2) is 48.7 Å². The lowest BCUT2D eigenvalue weighted by Crippen LogP contribution is -2.15. The minimum absolute atomic E-state index is 0.149. The van der Waals surface area contributed by atoms with Gasteiger partial charge in [0.25, 0.3) is 0 Å². The number of pyridine rings is 1. The minimum atomic E-state index is -0.149. The summed E-state index contributed by atoms with van der Waals surface area (Å²) < 4.78 is 0. The highest BCUT2D eigenvalue weighted by atomic mass is 14.7. The van der Waals surface area contributed by atoms with Gasteiger partial charge in [-0.3, -0.25) is 4.98 Å². The summed E-state index contributed by atoms with van der Waals surface area (Å²) in [5, 5.41) is 1.13. The molecule has 0 bridgehead atoms. The van der Waals surface area contributed by atoms with Crippen molar-refractivity contribution in [1.82, 2.24) is 4.98 Å². The van der Waals surface area contributed by atoms with Crippen molar-refractivity contribution in [1.29, 1.82) is 0 Å². The summed E-state index contributed by atoms with van der Waals surface area (Å²) in [4.78, 5) is 4.52. The fourth-order valence-electron chi connectivity index (χ4n) is 3.22. The molecule has 2 nitrogen and oxygen atoms in total. The number of nitrogens with zero attached hydrogens (tertiary/aromatic N) is 1. The Labute approximate surface area is 125 Å². The molecule has 1 heterocycles. The largest absolute Gasteiger partial charge is 0.320 e. The number of benzene rings is 2. The Hall–Kier alpha value is -2.19. The molecule has 0 aliphatic rings. The van der Waals surface area contributed by atoms with E-state index >= 15 is 0 Å². The van der Waals surface area contributed by atoms with Crippen LogP contribution >= 0.6 is 0 Å². The summed E-state index contributed by atoms with van der Waals surface area (Å²) in [6.07, 6.45) is 1.83. The van der Waals surface area contributed by atoms with Gasteiger partial charge in [-0.2, -0.15) is 0 Å². The lowest BCUT2D eigenvalue weighted by Gasteiger charge is -2.20. The lowest BCUT2D eigenvalue weighted by molar-refractivity contribution is 0.855. The van der Waals surface area contributed by atoms with E-state index in [9.17, 15) is 0 Å². The molecule has 0 fully saturated rings. The van der Waals surface area contributed by atoms with Crippen molar-refractivity contribution < 1.29 is 0 Å². The first-order chi connectivity index (χ1) is 10.1. The number of para-hydroxylation sites is 1. The maximum atomic E-state index is 6.59. The Morgan fingerprint density at radius 2 is 1.62 bits per heavy atom. The molecular formula is C19H20N2. The second-order valence-corrected chi connectivity index (χ2v) is 5.71. The molecule has 0 saturated carbocycles. The standard InChI is InChI=1S/C19H20N2/c1-12-10-13(2)17(14(3)11-12)18(20)16-8-4-6-15-7-5-9-21-19(15)16/h4-11,18H,20H2,1-3H3. The molecule has 0 aliphatic heterocycles. The maximum absolute atomic E-state index is 6.59. The monoisotopic (exact) mass is 276 g/mol. The van der Waals surface area contributed by atoms with Crippen molar-refractivity contribution in [2.24, 2.45) is 5.73 Å². The van der Waals surface area contributed by atoms with E-state index in [0.29, 0.717) is 0 Å². The molecule has 1 unspecified atom stereocenters. The number of hydrogen-bond acceptors (Lipinski definition) is 2. The second-order valence-electron chi connectivity index (χ2n) is 5.71.